The molecule has 0 amide bonds. The molecular weight excluding hydrogens is 331 g/mol. The minimum atomic E-state index is -4.30. The Bertz CT molecular complexity index is 578. The van der Waals surface area contributed by atoms with Crippen LogP contribution in [-0.4, -0.2) is 7.05 Å². The lowest BCUT2D eigenvalue weighted by Gasteiger charge is -2.19. The molecule has 0 aliphatic carbocycles. The zero-order chi connectivity index (χ0) is 14.8. The standard InChI is InChI=1S/C15H13BrF3N/c1-20-14(12-4-2-3-5-13(12)16)10-6-8-11(9-7-10)15(17,18)19/h2-9,14,20H,1H3. The summed E-state index contributed by atoms with van der Waals surface area (Å²) in [5, 5.41) is 3.12. The molecule has 0 aliphatic rings. The normalized spacial score (nSPS) is 13.2. The smallest absolute Gasteiger partial charge is 0.309 e. The van der Waals surface area contributed by atoms with Gasteiger partial charge < -0.3 is 5.32 Å². The Kier molecular flexibility index (Phi) is 4.50. The molecule has 0 aromatic heterocycles. The number of rotatable bonds is 3. The molecule has 2 aromatic rings. The van der Waals surface area contributed by atoms with Crippen molar-refractivity contribution < 1.29 is 13.2 Å². The first-order valence-corrected chi connectivity index (χ1v) is 6.81. The molecule has 1 N–H and O–H groups in total. The van der Waals surface area contributed by atoms with Gasteiger partial charge in [0.2, 0.25) is 0 Å². The second kappa shape index (κ2) is 5.97. The minimum Gasteiger partial charge on any atom is -0.309 e. The predicted octanol–water partition coefficient (Wildman–Crippen LogP) is 4.78. The molecule has 0 saturated carbocycles. The molecule has 1 nitrogen and oxygen atoms in total. The van der Waals surface area contributed by atoms with E-state index in [9.17, 15) is 13.2 Å². The lowest BCUT2D eigenvalue weighted by atomic mass is 9.98. The van der Waals surface area contributed by atoms with Crippen LogP contribution < -0.4 is 5.32 Å². The SMILES string of the molecule is CNC(c1ccc(C(F)(F)F)cc1)c1ccccc1Br. The number of halogens is 4. The first-order valence-electron chi connectivity index (χ1n) is 6.02. The van der Waals surface area contributed by atoms with Crippen molar-refractivity contribution in [2.24, 2.45) is 0 Å². The maximum absolute atomic E-state index is 12.6. The highest BCUT2D eigenvalue weighted by Crippen LogP contribution is 2.32. The van der Waals surface area contributed by atoms with Gasteiger partial charge in [-0.05, 0) is 36.4 Å². The van der Waals surface area contributed by atoms with E-state index in [0.29, 0.717) is 0 Å². The average Bonchev–Trinajstić information content (AvgIpc) is 2.41. The molecule has 0 fully saturated rings. The van der Waals surface area contributed by atoms with Crippen LogP contribution in [0.5, 0.6) is 0 Å². The number of hydrogen-bond donors (Lipinski definition) is 1. The van der Waals surface area contributed by atoms with E-state index in [1.54, 1.807) is 7.05 Å². The van der Waals surface area contributed by atoms with Crippen molar-refractivity contribution in [3.8, 4) is 0 Å². The van der Waals surface area contributed by atoms with Gasteiger partial charge in [-0.15, -0.1) is 0 Å². The number of benzene rings is 2. The van der Waals surface area contributed by atoms with Crippen molar-refractivity contribution in [3.63, 3.8) is 0 Å². The maximum atomic E-state index is 12.6. The fraction of sp³-hybridized carbons (Fsp3) is 0.200. The summed E-state index contributed by atoms with van der Waals surface area (Å²) >= 11 is 3.46. The van der Waals surface area contributed by atoms with E-state index >= 15 is 0 Å². The van der Waals surface area contributed by atoms with Crippen molar-refractivity contribution in [2.45, 2.75) is 12.2 Å². The Hall–Kier alpha value is -1.33. The third kappa shape index (κ3) is 3.22. The highest BCUT2D eigenvalue weighted by Gasteiger charge is 2.30. The average molecular weight is 344 g/mol. The second-order valence-corrected chi connectivity index (χ2v) is 5.22. The molecule has 0 saturated heterocycles. The summed E-state index contributed by atoms with van der Waals surface area (Å²) in [7, 11) is 1.78. The molecule has 2 aromatic carbocycles. The van der Waals surface area contributed by atoms with E-state index in [1.807, 2.05) is 24.3 Å². The van der Waals surface area contributed by atoms with Gasteiger partial charge in [0.25, 0.3) is 0 Å². The van der Waals surface area contributed by atoms with E-state index in [1.165, 1.54) is 12.1 Å². The Morgan fingerprint density at radius 2 is 1.60 bits per heavy atom. The number of hydrogen-bond acceptors (Lipinski definition) is 1. The molecule has 0 heterocycles. The van der Waals surface area contributed by atoms with Gasteiger partial charge in [-0.2, -0.15) is 13.2 Å². The van der Waals surface area contributed by atoms with Gasteiger partial charge in [-0.3, -0.25) is 0 Å². The van der Waals surface area contributed by atoms with Gasteiger partial charge in [0.15, 0.2) is 0 Å². The molecule has 1 atom stereocenters. The van der Waals surface area contributed by atoms with Crippen LogP contribution in [0, 0.1) is 0 Å². The van der Waals surface area contributed by atoms with E-state index < -0.39 is 11.7 Å². The summed E-state index contributed by atoms with van der Waals surface area (Å²) in [6.45, 7) is 0. The van der Waals surface area contributed by atoms with Crippen molar-refractivity contribution in [1.29, 1.82) is 0 Å². The monoisotopic (exact) mass is 343 g/mol. The van der Waals surface area contributed by atoms with E-state index in [4.69, 9.17) is 0 Å². The fourth-order valence-corrected chi connectivity index (χ4v) is 2.59. The zero-order valence-corrected chi connectivity index (χ0v) is 12.3. The zero-order valence-electron chi connectivity index (χ0n) is 10.7. The van der Waals surface area contributed by atoms with Gasteiger partial charge in [0.1, 0.15) is 0 Å². The molecule has 0 radical (unpaired) electrons. The molecule has 0 spiro atoms. The number of alkyl halides is 3. The lowest BCUT2D eigenvalue weighted by Crippen LogP contribution is -2.18. The fourth-order valence-electron chi connectivity index (χ4n) is 2.08. The molecule has 1 unspecified atom stereocenters. The number of nitrogens with one attached hydrogen (secondary N) is 1. The molecule has 0 aliphatic heterocycles. The van der Waals surface area contributed by atoms with Crippen molar-refractivity contribution in [1.82, 2.24) is 5.32 Å². The summed E-state index contributed by atoms with van der Waals surface area (Å²) in [5.74, 6) is 0. The van der Waals surface area contributed by atoms with Gasteiger partial charge in [0, 0.05) is 4.47 Å². The summed E-state index contributed by atoms with van der Waals surface area (Å²) in [6, 6.07) is 12.7. The van der Waals surface area contributed by atoms with Crippen molar-refractivity contribution >= 4 is 15.9 Å². The maximum Gasteiger partial charge on any atom is 0.416 e. The van der Waals surface area contributed by atoms with Crippen LogP contribution >= 0.6 is 15.9 Å². The molecule has 5 heteroatoms. The summed E-state index contributed by atoms with van der Waals surface area (Å²) in [6.07, 6.45) is -4.30. The van der Waals surface area contributed by atoms with Crippen LogP contribution in [-0.2, 0) is 6.18 Å². The Morgan fingerprint density at radius 1 is 1.00 bits per heavy atom. The van der Waals surface area contributed by atoms with Gasteiger partial charge in [-0.1, -0.05) is 46.3 Å². The van der Waals surface area contributed by atoms with Crippen LogP contribution in [0.4, 0.5) is 13.2 Å². The summed E-state index contributed by atoms with van der Waals surface area (Å²) < 4.78 is 38.6. The molecule has 2 rings (SSSR count). The molecular formula is C15H13BrF3N. The van der Waals surface area contributed by atoms with Crippen LogP contribution in [0.25, 0.3) is 0 Å². The highest BCUT2D eigenvalue weighted by molar-refractivity contribution is 9.10. The van der Waals surface area contributed by atoms with Crippen LogP contribution in [0.3, 0.4) is 0 Å². The largest absolute Gasteiger partial charge is 0.416 e. The highest BCUT2D eigenvalue weighted by atomic mass is 79.9. The van der Waals surface area contributed by atoms with E-state index in [-0.39, 0.29) is 6.04 Å². The summed E-state index contributed by atoms with van der Waals surface area (Å²) in [4.78, 5) is 0. The first kappa shape index (κ1) is 15.1. The third-order valence-electron chi connectivity index (χ3n) is 3.08. The third-order valence-corrected chi connectivity index (χ3v) is 3.80. The van der Waals surface area contributed by atoms with Crippen molar-refractivity contribution in [2.75, 3.05) is 7.05 Å². The molecule has 20 heavy (non-hydrogen) atoms. The predicted molar refractivity (Wildman–Crippen MR) is 76.5 cm³/mol. The van der Waals surface area contributed by atoms with Crippen LogP contribution in [0.15, 0.2) is 53.0 Å². The first-order chi connectivity index (χ1) is 9.43. The molecule has 0 bridgehead atoms. The quantitative estimate of drug-likeness (QED) is 0.845. The van der Waals surface area contributed by atoms with E-state index in [0.717, 1.165) is 27.7 Å². The van der Waals surface area contributed by atoms with Crippen LogP contribution in [0.1, 0.15) is 22.7 Å². The lowest BCUT2D eigenvalue weighted by molar-refractivity contribution is -0.137. The summed E-state index contributed by atoms with van der Waals surface area (Å²) in [5.41, 5.74) is 1.13. The Morgan fingerprint density at radius 3 is 2.10 bits per heavy atom. The van der Waals surface area contributed by atoms with Gasteiger partial charge in [0.05, 0.1) is 11.6 Å². The van der Waals surface area contributed by atoms with Gasteiger partial charge in [-0.25, -0.2) is 0 Å². The molecule has 106 valence electrons. The Balaban J connectivity index is 2.36. The van der Waals surface area contributed by atoms with Gasteiger partial charge >= 0.3 is 6.18 Å². The van der Waals surface area contributed by atoms with Crippen molar-refractivity contribution in [3.05, 3.63) is 69.7 Å². The minimum absolute atomic E-state index is 0.159. The topological polar surface area (TPSA) is 12.0 Å². The van der Waals surface area contributed by atoms with E-state index in [2.05, 4.69) is 21.2 Å². The Labute approximate surface area is 123 Å². The van der Waals surface area contributed by atoms with Crippen LogP contribution in [0.2, 0.25) is 0 Å². The second-order valence-electron chi connectivity index (χ2n) is 4.36.